The first kappa shape index (κ1) is 21.4. The lowest BCUT2D eigenvalue weighted by molar-refractivity contribution is -0.127. The first-order chi connectivity index (χ1) is 14.7. The van der Waals surface area contributed by atoms with Gasteiger partial charge >= 0.3 is 5.63 Å². The largest absolute Gasteiger partial charge is 0.487 e. The number of ether oxygens (including phenoxy) is 1. The predicted octanol–water partition coefficient (Wildman–Crippen LogP) is 2.88. The van der Waals surface area contributed by atoms with Gasteiger partial charge in [-0.05, 0) is 63.6 Å². The molecule has 2 aromatic rings. The van der Waals surface area contributed by atoms with Crippen molar-refractivity contribution in [2.24, 2.45) is 0 Å². The van der Waals surface area contributed by atoms with Crippen molar-refractivity contribution in [2.75, 3.05) is 19.6 Å². The Balaban J connectivity index is 1.44. The van der Waals surface area contributed by atoms with Crippen LogP contribution in [0.2, 0.25) is 0 Å². The third-order valence-electron chi connectivity index (χ3n) is 6.29. The summed E-state index contributed by atoms with van der Waals surface area (Å²) in [5, 5.41) is 3.70. The number of nitrogens with one attached hydrogen (secondary N) is 1. The summed E-state index contributed by atoms with van der Waals surface area (Å²) in [6.07, 6.45) is 4.02. The molecule has 2 amide bonds. The standard InChI is InChI=1S/C24H30N2O5/c1-15-17-12-16-7-8-24(2,3)31-19(16)14-20(17)30-23(29)18(15)13-21(27)25-9-5-11-26-10-4-6-22(26)28/h12,14H,4-11,13H2,1-3H3,(H,25,27). The summed E-state index contributed by atoms with van der Waals surface area (Å²) in [6, 6.07) is 3.82. The summed E-state index contributed by atoms with van der Waals surface area (Å²) in [5.41, 5.74) is 2.01. The Morgan fingerprint density at radius 2 is 2.03 bits per heavy atom. The molecule has 31 heavy (non-hydrogen) atoms. The highest BCUT2D eigenvalue weighted by atomic mass is 16.5. The van der Waals surface area contributed by atoms with E-state index in [2.05, 4.69) is 5.32 Å². The summed E-state index contributed by atoms with van der Waals surface area (Å²) in [7, 11) is 0. The molecule has 0 atom stereocenters. The Bertz CT molecular complexity index is 1090. The van der Waals surface area contributed by atoms with Crippen LogP contribution < -0.4 is 15.7 Å². The second kappa shape index (κ2) is 8.36. The van der Waals surface area contributed by atoms with Gasteiger partial charge in [0.05, 0.1) is 12.0 Å². The monoisotopic (exact) mass is 426 g/mol. The van der Waals surface area contributed by atoms with Crippen molar-refractivity contribution in [3.05, 3.63) is 39.2 Å². The average molecular weight is 427 g/mol. The van der Waals surface area contributed by atoms with Gasteiger partial charge in [0.2, 0.25) is 11.8 Å². The van der Waals surface area contributed by atoms with Crippen LogP contribution in [0.25, 0.3) is 11.0 Å². The van der Waals surface area contributed by atoms with E-state index in [9.17, 15) is 14.4 Å². The molecule has 2 aliphatic heterocycles. The number of rotatable bonds is 6. The van der Waals surface area contributed by atoms with Crippen molar-refractivity contribution in [3.8, 4) is 5.75 Å². The third-order valence-corrected chi connectivity index (χ3v) is 6.29. The molecule has 0 saturated carbocycles. The molecule has 166 valence electrons. The van der Waals surface area contributed by atoms with E-state index in [-0.39, 0.29) is 23.8 Å². The molecule has 4 rings (SSSR count). The highest BCUT2D eigenvalue weighted by Gasteiger charge is 2.28. The van der Waals surface area contributed by atoms with E-state index in [1.165, 1.54) is 0 Å². The fourth-order valence-electron chi connectivity index (χ4n) is 4.40. The lowest BCUT2D eigenvalue weighted by atomic mass is 9.92. The van der Waals surface area contributed by atoms with Gasteiger partial charge in [0.25, 0.3) is 0 Å². The number of nitrogens with zero attached hydrogens (tertiary/aromatic N) is 1. The quantitative estimate of drug-likeness (QED) is 0.567. The third kappa shape index (κ3) is 4.60. The molecule has 1 saturated heterocycles. The molecule has 7 nitrogen and oxygen atoms in total. The van der Waals surface area contributed by atoms with Gasteiger partial charge in [0.15, 0.2) is 0 Å². The van der Waals surface area contributed by atoms with Crippen LogP contribution in [0, 0.1) is 6.92 Å². The van der Waals surface area contributed by atoms with Gasteiger partial charge in [0.1, 0.15) is 16.9 Å². The molecular weight excluding hydrogens is 396 g/mol. The van der Waals surface area contributed by atoms with Crippen LogP contribution in [-0.2, 0) is 22.4 Å². The second-order valence-corrected chi connectivity index (χ2v) is 9.18. The van der Waals surface area contributed by atoms with E-state index < -0.39 is 5.63 Å². The summed E-state index contributed by atoms with van der Waals surface area (Å²) < 4.78 is 11.6. The van der Waals surface area contributed by atoms with Crippen molar-refractivity contribution in [3.63, 3.8) is 0 Å². The number of hydrogen-bond acceptors (Lipinski definition) is 5. The topological polar surface area (TPSA) is 88.9 Å². The molecule has 1 aromatic heterocycles. The van der Waals surface area contributed by atoms with E-state index in [0.717, 1.165) is 48.1 Å². The maximum absolute atomic E-state index is 12.6. The summed E-state index contributed by atoms with van der Waals surface area (Å²) >= 11 is 0. The molecule has 2 aliphatic rings. The van der Waals surface area contributed by atoms with Crippen LogP contribution in [0.1, 0.15) is 56.2 Å². The molecule has 0 aliphatic carbocycles. The molecule has 3 heterocycles. The number of carbonyl (C=O) groups is 2. The maximum Gasteiger partial charge on any atom is 0.340 e. The Hall–Kier alpha value is -2.83. The molecule has 1 N–H and O–H groups in total. The molecule has 0 unspecified atom stereocenters. The molecule has 0 bridgehead atoms. The zero-order valence-electron chi connectivity index (χ0n) is 18.5. The minimum atomic E-state index is -0.488. The highest BCUT2D eigenvalue weighted by Crippen LogP contribution is 2.36. The lowest BCUT2D eigenvalue weighted by Crippen LogP contribution is -2.32. The number of aryl methyl sites for hydroxylation is 2. The summed E-state index contributed by atoms with van der Waals surface area (Å²) in [6.45, 7) is 7.89. The van der Waals surface area contributed by atoms with Crippen molar-refractivity contribution in [1.82, 2.24) is 10.2 Å². The number of fused-ring (bicyclic) bond motifs is 2. The Morgan fingerprint density at radius 1 is 1.23 bits per heavy atom. The molecule has 7 heteroatoms. The van der Waals surface area contributed by atoms with Gasteiger partial charge in [0, 0.05) is 37.5 Å². The molecule has 0 spiro atoms. The van der Waals surface area contributed by atoms with Crippen molar-refractivity contribution in [2.45, 2.75) is 64.9 Å². The van der Waals surface area contributed by atoms with Crippen LogP contribution >= 0.6 is 0 Å². The van der Waals surface area contributed by atoms with Crippen molar-refractivity contribution in [1.29, 1.82) is 0 Å². The van der Waals surface area contributed by atoms with E-state index in [0.29, 0.717) is 37.1 Å². The molecule has 1 aromatic carbocycles. The van der Waals surface area contributed by atoms with Gasteiger partial charge in [-0.25, -0.2) is 4.79 Å². The fourth-order valence-corrected chi connectivity index (χ4v) is 4.40. The summed E-state index contributed by atoms with van der Waals surface area (Å²) in [5.74, 6) is 0.727. The maximum atomic E-state index is 12.6. The first-order valence-electron chi connectivity index (χ1n) is 11.1. The Morgan fingerprint density at radius 3 is 2.77 bits per heavy atom. The number of benzene rings is 1. The van der Waals surface area contributed by atoms with Gasteiger partial charge in [-0.2, -0.15) is 0 Å². The lowest BCUT2D eigenvalue weighted by Gasteiger charge is -2.32. The summed E-state index contributed by atoms with van der Waals surface area (Å²) in [4.78, 5) is 38.5. The fraction of sp³-hybridized carbons (Fsp3) is 0.542. The smallest absolute Gasteiger partial charge is 0.340 e. The molecule has 1 fully saturated rings. The van der Waals surface area contributed by atoms with E-state index in [1.807, 2.05) is 31.7 Å². The predicted molar refractivity (Wildman–Crippen MR) is 117 cm³/mol. The van der Waals surface area contributed by atoms with Crippen LogP contribution in [-0.4, -0.2) is 41.9 Å². The zero-order valence-corrected chi connectivity index (χ0v) is 18.5. The minimum absolute atomic E-state index is 0.0205. The van der Waals surface area contributed by atoms with Crippen LogP contribution in [0.3, 0.4) is 0 Å². The van der Waals surface area contributed by atoms with E-state index in [4.69, 9.17) is 9.15 Å². The molecular formula is C24H30N2O5. The van der Waals surface area contributed by atoms with Gasteiger partial charge in [-0.15, -0.1) is 0 Å². The minimum Gasteiger partial charge on any atom is -0.487 e. The number of amides is 2. The number of hydrogen-bond donors (Lipinski definition) is 1. The van der Waals surface area contributed by atoms with Crippen molar-refractivity contribution < 1.29 is 18.7 Å². The van der Waals surface area contributed by atoms with Crippen LogP contribution in [0.15, 0.2) is 21.3 Å². The molecule has 0 radical (unpaired) electrons. The van der Waals surface area contributed by atoms with Crippen LogP contribution in [0.5, 0.6) is 5.75 Å². The van der Waals surface area contributed by atoms with Gasteiger partial charge in [-0.3, -0.25) is 9.59 Å². The number of carbonyl (C=O) groups excluding carboxylic acids is 2. The van der Waals surface area contributed by atoms with E-state index in [1.54, 1.807) is 6.07 Å². The van der Waals surface area contributed by atoms with Crippen LogP contribution in [0.4, 0.5) is 0 Å². The van der Waals surface area contributed by atoms with E-state index >= 15 is 0 Å². The zero-order chi connectivity index (χ0) is 22.2. The first-order valence-corrected chi connectivity index (χ1v) is 11.1. The second-order valence-electron chi connectivity index (χ2n) is 9.18. The number of likely N-dealkylation sites (tertiary alicyclic amines) is 1. The average Bonchev–Trinajstić information content (AvgIpc) is 3.11. The SMILES string of the molecule is Cc1c(CC(=O)NCCCN2CCCC2=O)c(=O)oc2cc3c(cc12)CCC(C)(C)O3. The highest BCUT2D eigenvalue weighted by molar-refractivity contribution is 5.86. The van der Waals surface area contributed by atoms with Gasteiger partial charge < -0.3 is 19.4 Å². The Labute approximate surface area is 181 Å². The van der Waals surface area contributed by atoms with Gasteiger partial charge in [-0.1, -0.05) is 0 Å². The normalized spacial score (nSPS) is 17.5. The van der Waals surface area contributed by atoms with Crippen molar-refractivity contribution >= 4 is 22.8 Å². The Kier molecular flexibility index (Phi) is 5.77.